The number of hydrogen-bond donors (Lipinski definition) is 0. The number of ether oxygens (including phenoxy) is 1. The summed E-state index contributed by atoms with van der Waals surface area (Å²) in [5.74, 6) is -0.493. The van der Waals surface area contributed by atoms with Crippen LogP contribution in [0.4, 0.5) is 0 Å². The highest BCUT2D eigenvalue weighted by atomic mass is 32.2. The first-order valence-electron chi connectivity index (χ1n) is 5.63. The molecule has 0 aliphatic heterocycles. The van der Waals surface area contributed by atoms with Gasteiger partial charge in [-0.05, 0) is 11.8 Å². The fraction of sp³-hybridized carbons (Fsp3) is 0.909. The van der Waals surface area contributed by atoms with Crippen molar-refractivity contribution in [1.82, 2.24) is 0 Å². The van der Waals surface area contributed by atoms with E-state index >= 15 is 0 Å². The van der Waals surface area contributed by atoms with Gasteiger partial charge < -0.3 is 4.74 Å². The molecule has 2 atom stereocenters. The second-order valence-corrected chi connectivity index (χ2v) is 7.48. The molecule has 2 unspecified atom stereocenters. The Labute approximate surface area is 103 Å². The Bertz CT molecular complexity index is 379. The Kier molecular flexibility index (Phi) is 4.19. The molecule has 1 aliphatic carbocycles. The van der Waals surface area contributed by atoms with Crippen LogP contribution in [0.2, 0.25) is 0 Å². The smallest absolute Gasteiger partial charge is 0.302 e. The topological polar surface area (TPSA) is 69.7 Å². The molecule has 1 fully saturated rings. The summed E-state index contributed by atoms with van der Waals surface area (Å²) < 4.78 is 33.2. The maximum Gasteiger partial charge on any atom is 0.302 e. The van der Waals surface area contributed by atoms with Crippen molar-refractivity contribution >= 4 is 16.1 Å². The lowest BCUT2D eigenvalue weighted by molar-refractivity contribution is -0.141. The van der Waals surface area contributed by atoms with E-state index in [0.29, 0.717) is 6.42 Å². The van der Waals surface area contributed by atoms with E-state index in [4.69, 9.17) is 8.92 Å². The van der Waals surface area contributed by atoms with Crippen LogP contribution in [0, 0.1) is 11.3 Å². The molecule has 0 radical (unpaired) electrons. The standard InChI is InChI=1S/C11H20O5S/c1-8(12)15-6-9-5-10(9)17(13,14)16-7-11(2,3)4/h9-10H,5-7H2,1-4H3. The minimum absolute atomic E-state index is 0.108. The first-order chi connectivity index (χ1) is 7.62. The molecule has 1 rings (SSSR count). The normalized spacial score (nSPS) is 24.5. The SMILES string of the molecule is CC(=O)OCC1CC1S(=O)(=O)OCC(C)(C)C. The molecule has 0 amide bonds. The quantitative estimate of drug-likeness (QED) is 0.553. The maximum absolute atomic E-state index is 11.7. The minimum atomic E-state index is -3.51. The first kappa shape index (κ1) is 14.4. The average Bonchev–Trinajstić information content (AvgIpc) is 2.90. The summed E-state index contributed by atoms with van der Waals surface area (Å²) in [4.78, 5) is 10.6. The Morgan fingerprint density at radius 3 is 2.41 bits per heavy atom. The van der Waals surface area contributed by atoms with Gasteiger partial charge in [0.25, 0.3) is 10.1 Å². The molecule has 1 aliphatic rings. The van der Waals surface area contributed by atoms with Gasteiger partial charge in [-0.2, -0.15) is 8.42 Å². The van der Waals surface area contributed by atoms with E-state index in [1.807, 2.05) is 20.8 Å². The van der Waals surface area contributed by atoms with Gasteiger partial charge in [-0.1, -0.05) is 20.8 Å². The van der Waals surface area contributed by atoms with Crippen LogP contribution in [-0.2, 0) is 23.8 Å². The zero-order valence-corrected chi connectivity index (χ0v) is 11.5. The molecule has 0 aromatic rings. The van der Waals surface area contributed by atoms with Crippen LogP contribution in [0.25, 0.3) is 0 Å². The third-order valence-corrected chi connectivity index (χ3v) is 4.15. The van der Waals surface area contributed by atoms with E-state index in [1.54, 1.807) is 0 Å². The van der Waals surface area contributed by atoms with Crippen molar-refractivity contribution in [1.29, 1.82) is 0 Å². The van der Waals surface area contributed by atoms with Gasteiger partial charge in [0.1, 0.15) is 0 Å². The van der Waals surface area contributed by atoms with E-state index in [9.17, 15) is 13.2 Å². The van der Waals surface area contributed by atoms with Gasteiger partial charge in [-0.3, -0.25) is 8.98 Å². The molecule has 0 N–H and O–H groups in total. The van der Waals surface area contributed by atoms with Crippen LogP contribution < -0.4 is 0 Å². The Balaban J connectivity index is 2.39. The zero-order valence-electron chi connectivity index (χ0n) is 10.7. The first-order valence-corrected chi connectivity index (χ1v) is 7.10. The lowest BCUT2D eigenvalue weighted by atomic mass is 9.99. The van der Waals surface area contributed by atoms with Gasteiger partial charge in [0, 0.05) is 12.8 Å². The van der Waals surface area contributed by atoms with Crippen molar-refractivity contribution in [2.75, 3.05) is 13.2 Å². The minimum Gasteiger partial charge on any atom is -0.466 e. The third kappa shape index (κ3) is 5.04. The van der Waals surface area contributed by atoms with Crippen molar-refractivity contribution in [3.8, 4) is 0 Å². The number of rotatable bonds is 5. The highest BCUT2D eigenvalue weighted by molar-refractivity contribution is 7.87. The summed E-state index contributed by atoms with van der Waals surface area (Å²) in [5.41, 5.74) is -0.187. The Morgan fingerprint density at radius 2 is 1.94 bits per heavy atom. The molecule has 17 heavy (non-hydrogen) atoms. The number of carbonyl (C=O) groups excluding carboxylic acids is 1. The lowest BCUT2D eigenvalue weighted by Crippen LogP contribution is -2.22. The van der Waals surface area contributed by atoms with Crippen LogP contribution in [0.3, 0.4) is 0 Å². The van der Waals surface area contributed by atoms with Crippen molar-refractivity contribution in [3.05, 3.63) is 0 Å². The van der Waals surface area contributed by atoms with Crippen LogP contribution in [0.1, 0.15) is 34.1 Å². The summed E-state index contributed by atoms with van der Waals surface area (Å²) in [6, 6.07) is 0. The average molecular weight is 264 g/mol. The lowest BCUT2D eigenvalue weighted by Gasteiger charge is -2.17. The molecular weight excluding hydrogens is 244 g/mol. The maximum atomic E-state index is 11.7. The third-order valence-electron chi connectivity index (χ3n) is 2.39. The van der Waals surface area contributed by atoms with Gasteiger partial charge in [-0.15, -0.1) is 0 Å². The molecule has 0 bridgehead atoms. The van der Waals surface area contributed by atoms with E-state index in [0.717, 1.165) is 0 Å². The van der Waals surface area contributed by atoms with E-state index < -0.39 is 15.4 Å². The van der Waals surface area contributed by atoms with Gasteiger partial charge in [0.2, 0.25) is 0 Å². The van der Waals surface area contributed by atoms with Crippen LogP contribution in [0.5, 0.6) is 0 Å². The molecule has 5 nitrogen and oxygen atoms in total. The predicted molar refractivity (Wildman–Crippen MR) is 62.9 cm³/mol. The van der Waals surface area contributed by atoms with Crippen LogP contribution in [0.15, 0.2) is 0 Å². The number of esters is 1. The second kappa shape index (κ2) is 4.94. The summed E-state index contributed by atoms with van der Waals surface area (Å²) in [6.07, 6.45) is 0.514. The molecule has 0 heterocycles. The van der Waals surface area contributed by atoms with Crippen LogP contribution in [-0.4, -0.2) is 32.9 Å². The van der Waals surface area contributed by atoms with E-state index in [1.165, 1.54) is 6.92 Å². The van der Waals surface area contributed by atoms with Crippen molar-refractivity contribution in [2.45, 2.75) is 39.4 Å². The summed E-state index contributed by atoms with van der Waals surface area (Å²) >= 11 is 0. The highest BCUT2D eigenvalue weighted by Crippen LogP contribution is 2.38. The Morgan fingerprint density at radius 1 is 1.35 bits per heavy atom. The predicted octanol–water partition coefficient (Wildman–Crippen LogP) is 1.33. The molecule has 6 heteroatoms. The molecule has 0 aromatic carbocycles. The molecular formula is C11H20O5S. The number of hydrogen-bond acceptors (Lipinski definition) is 5. The summed E-state index contributed by atoms with van der Waals surface area (Å²) in [6.45, 7) is 7.37. The van der Waals surface area contributed by atoms with E-state index in [2.05, 4.69) is 0 Å². The second-order valence-electron chi connectivity index (χ2n) is 5.65. The monoisotopic (exact) mass is 264 g/mol. The number of carbonyl (C=O) groups is 1. The van der Waals surface area contributed by atoms with Gasteiger partial charge >= 0.3 is 5.97 Å². The van der Waals surface area contributed by atoms with E-state index in [-0.39, 0.29) is 30.5 Å². The zero-order chi connectivity index (χ0) is 13.3. The summed E-state index contributed by atoms with van der Waals surface area (Å²) in [5, 5.41) is -0.510. The molecule has 0 aromatic heterocycles. The Hall–Kier alpha value is -0.620. The molecule has 0 saturated heterocycles. The van der Waals surface area contributed by atoms with Gasteiger partial charge in [0.15, 0.2) is 0 Å². The van der Waals surface area contributed by atoms with Crippen LogP contribution >= 0.6 is 0 Å². The highest BCUT2D eigenvalue weighted by Gasteiger charge is 2.49. The molecule has 0 spiro atoms. The van der Waals surface area contributed by atoms with Gasteiger partial charge in [-0.25, -0.2) is 0 Å². The van der Waals surface area contributed by atoms with Crippen molar-refractivity contribution in [2.24, 2.45) is 11.3 Å². The fourth-order valence-corrected chi connectivity index (χ4v) is 3.04. The largest absolute Gasteiger partial charge is 0.466 e. The molecule has 1 saturated carbocycles. The van der Waals surface area contributed by atoms with Crippen molar-refractivity contribution < 1.29 is 22.1 Å². The fourth-order valence-electron chi connectivity index (χ4n) is 1.32. The van der Waals surface area contributed by atoms with Crippen molar-refractivity contribution in [3.63, 3.8) is 0 Å². The van der Waals surface area contributed by atoms with Gasteiger partial charge in [0.05, 0.1) is 18.5 Å². The molecule has 100 valence electrons. The summed E-state index contributed by atoms with van der Waals surface area (Å²) in [7, 11) is -3.51.